The van der Waals surface area contributed by atoms with Gasteiger partial charge in [0.1, 0.15) is 12.2 Å². The quantitative estimate of drug-likeness (QED) is 0.646. The predicted octanol–water partition coefficient (Wildman–Crippen LogP) is 3.41. The van der Waals surface area contributed by atoms with Crippen LogP contribution in [-0.2, 0) is 18.4 Å². The Balaban J connectivity index is 1.54. The van der Waals surface area contributed by atoms with Gasteiger partial charge in [0.15, 0.2) is 0 Å². The lowest BCUT2D eigenvalue weighted by Crippen LogP contribution is -2.39. The number of benzene rings is 1. The molecule has 8 heteroatoms. The fourth-order valence-electron chi connectivity index (χ4n) is 4.83. The van der Waals surface area contributed by atoms with E-state index in [1.807, 2.05) is 25.2 Å². The molecule has 1 fully saturated rings. The van der Waals surface area contributed by atoms with E-state index in [1.54, 1.807) is 11.0 Å². The predicted molar refractivity (Wildman–Crippen MR) is 114 cm³/mol. The number of nitrogens with zero attached hydrogens (tertiary/aromatic N) is 6. The van der Waals surface area contributed by atoms with Crippen molar-refractivity contribution in [2.45, 2.75) is 65.0 Å². The fraction of sp³-hybridized carbons (Fsp3) is 0.591. The van der Waals surface area contributed by atoms with Gasteiger partial charge in [0, 0.05) is 13.5 Å². The van der Waals surface area contributed by atoms with E-state index in [9.17, 15) is 4.79 Å². The summed E-state index contributed by atoms with van der Waals surface area (Å²) in [4.78, 5) is 18.1. The number of rotatable bonds is 7. The maximum absolute atomic E-state index is 13.3. The minimum absolute atomic E-state index is 0.0794. The number of carbonyl (C=O) groups excluding carboxylic acids is 1. The molecule has 30 heavy (non-hydrogen) atoms. The minimum Gasteiger partial charge on any atom is -0.346 e. The summed E-state index contributed by atoms with van der Waals surface area (Å²) in [7, 11) is 2.02. The van der Waals surface area contributed by atoms with E-state index in [2.05, 4.69) is 45.3 Å². The van der Waals surface area contributed by atoms with Crippen molar-refractivity contribution in [2.24, 2.45) is 18.4 Å². The smallest absolute Gasteiger partial charge is 0.221 e. The molecule has 0 aliphatic heterocycles. The third-order valence-electron chi connectivity index (χ3n) is 6.42. The third kappa shape index (κ3) is 4.22. The average Bonchev–Trinajstić information content (AvgIpc) is 3.34. The molecule has 1 atom stereocenters. The van der Waals surface area contributed by atoms with Gasteiger partial charge >= 0.3 is 0 Å². The van der Waals surface area contributed by atoms with Crippen LogP contribution in [0.25, 0.3) is 11.0 Å². The van der Waals surface area contributed by atoms with Crippen molar-refractivity contribution in [2.75, 3.05) is 0 Å². The van der Waals surface area contributed by atoms with E-state index in [1.165, 1.54) is 6.42 Å². The number of para-hydroxylation sites is 2. The molecule has 2 heterocycles. The molecular weight excluding hydrogens is 378 g/mol. The summed E-state index contributed by atoms with van der Waals surface area (Å²) in [6.07, 6.45) is 7.71. The standard InChI is InChI=1S/C22H31N7O/c1-16(2)20(21-24-17-9-5-6-10-18(17)28(21)3)25-19(30)13-22(11-7-4-8-12-22)14-29-15-23-26-27-29/h5-6,9-10,15-16,20H,4,7-8,11-14H2,1-3H3,(H,25,30)/t20-/m0/s1. The monoisotopic (exact) mass is 409 g/mol. The number of nitrogens with one attached hydrogen (secondary N) is 1. The molecule has 1 N–H and O–H groups in total. The summed E-state index contributed by atoms with van der Waals surface area (Å²) in [5, 5.41) is 14.9. The molecule has 160 valence electrons. The Morgan fingerprint density at radius 2 is 1.97 bits per heavy atom. The number of hydrogen-bond donors (Lipinski definition) is 1. The minimum atomic E-state index is -0.136. The van der Waals surface area contributed by atoms with Crippen LogP contribution in [0.3, 0.4) is 0 Å². The van der Waals surface area contributed by atoms with Crippen molar-refractivity contribution < 1.29 is 4.79 Å². The van der Waals surface area contributed by atoms with Crippen LogP contribution in [0.2, 0.25) is 0 Å². The number of tetrazole rings is 1. The first-order valence-electron chi connectivity index (χ1n) is 10.9. The zero-order valence-electron chi connectivity index (χ0n) is 18.1. The van der Waals surface area contributed by atoms with Crippen LogP contribution in [0.1, 0.15) is 64.2 Å². The molecule has 0 unspecified atom stereocenters. The molecule has 0 saturated heterocycles. The number of carbonyl (C=O) groups is 1. The second kappa shape index (κ2) is 8.53. The Morgan fingerprint density at radius 3 is 2.63 bits per heavy atom. The summed E-state index contributed by atoms with van der Waals surface area (Å²) in [6.45, 7) is 4.94. The van der Waals surface area contributed by atoms with Crippen molar-refractivity contribution in [3.05, 3.63) is 36.4 Å². The number of hydrogen-bond acceptors (Lipinski definition) is 5. The average molecular weight is 410 g/mol. The Hall–Kier alpha value is -2.77. The van der Waals surface area contributed by atoms with Gasteiger partial charge in [0.05, 0.1) is 23.6 Å². The van der Waals surface area contributed by atoms with Crippen LogP contribution in [0.15, 0.2) is 30.6 Å². The number of amides is 1. The first-order chi connectivity index (χ1) is 14.5. The first kappa shape index (κ1) is 20.5. The highest BCUT2D eigenvalue weighted by Gasteiger charge is 2.36. The highest BCUT2D eigenvalue weighted by Crippen LogP contribution is 2.41. The lowest BCUT2D eigenvalue weighted by atomic mass is 9.71. The maximum Gasteiger partial charge on any atom is 0.221 e. The van der Waals surface area contributed by atoms with Crippen LogP contribution in [-0.4, -0.2) is 35.7 Å². The zero-order chi connectivity index (χ0) is 21.1. The van der Waals surface area contributed by atoms with E-state index < -0.39 is 0 Å². The van der Waals surface area contributed by atoms with E-state index in [0.29, 0.717) is 13.0 Å². The summed E-state index contributed by atoms with van der Waals surface area (Å²) in [6, 6.07) is 7.95. The van der Waals surface area contributed by atoms with E-state index in [4.69, 9.17) is 4.98 Å². The molecule has 0 spiro atoms. The number of aromatic nitrogens is 6. The van der Waals surface area contributed by atoms with Crippen molar-refractivity contribution >= 4 is 16.9 Å². The maximum atomic E-state index is 13.3. The third-order valence-corrected chi connectivity index (χ3v) is 6.42. The molecule has 1 aliphatic carbocycles. The lowest BCUT2D eigenvalue weighted by Gasteiger charge is -2.37. The molecule has 4 rings (SSSR count). The van der Waals surface area contributed by atoms with E-state index in [0.717, 1.165) is 42.5 Å². The van der Waals surface area contributed by atoms with Crippen LogP contribution < -0.4 is 5.32 Å². The Kier molecular flexibility index (Phi) is 5.83. The molecule has 8 nitrogen and oxygen atoms in total. The number of fused-ring (bicyclic) bond motifs is 1. The molecular formula is C22H31N7O. The van der Waals surface area contributed by atoms with Crippen LogP contribution in [0.4, 0.5) is 0 Å². The largest absolute Gasteiger partial charge is 0.346 e. The summed E-state index contributed by atoms with van der Waals surface area (Å²) >= 11 is 0. The van der Waals surface area contributed by atoms with E-state index >= 15 is 0 Å². The highest BCUT2D eigenvalue weighted by atomic mass is 16.1. The van der Waals surface area contributed by atoms with Crippen molar-refractivity contribution in [1.82, 2.24) is 35.1 Å². The molecule has 1 aromatic carbocycles. The van der Waals surface area contributed by atoms with Gasteiger partial charge in [-0.1, -0.05) is 45.2 Å². The molecule has 0 bridgehead atoms. The first-order valence-corrected chi connectivity index (χ1v) is 10.9. The Bertz CT molecular complexity index is 986. The van der Waals surface area contributed by atoms with Crippen LogP contribution >= 0.6 is 0 Å². The van der Waals surface area contributed by atoms with Gasteiger partial charge in [-0.25, -0.2) is 9.67 Å². The van der Waals surface area contributed by atoms with Gasteiger partial charge in [-0.3, -0.25) is 4.79 Å². The molecule has 1 amide bonds. The molecule has 1 aliphatic rings. The van der Waals surface area contributed by atoms with Gasteiger partial charge in [-0.2, -0.15) is 0 Å². The summed E-state index contributed by atoms with van der Waals surface area (Å²) < 4.78 is 3.86. The van der Waals surface area contributed by atoms with Crippen molar-refractivity contribution in [1.29, 1.82) is 0 Å². The van der Waals surface area contributed by atoms with Gasteiger partial charge in [0.2, 0.25) is 5.91 Å². The lowest BCUT2D eigenvalue weighted by molar-refractivity contribution is -0.125. The number of aryl methyl sites for hydroxylation is 1. The molecule has 3 aromatic rings. The van der Waals surface area contributed by atoms with Gasteiger partial charge in [-0.15, -0.1) is 5.10 Å². The highest BCUT2D eigenvalue weighted by molar-refractivity contribution is 5.78. The van der Waals surface area contributed by atoms with Gasteiger partial charge in [-0.05, 0) is 46.7 Å². The SMILES string of the molecule is CC(C)[C@H](NC(=O)CC1(Cn2cnnn2)CCCCC1)c1nc2ccccc2n1C. The molecule has 0 radical (unpaired) electrons. The van der Waals surface area contributed by atoms with Gasteiger partial charge < -0.3 is 9.88 Å². The topological polar surface area (TPSA) is 90.5 Å². The second-order valence-corrected chi connectivity index (χ2v) is 9.05. The zero-order valence-corrected chi connectivity index (χ0v) is 18.1. The van der Waals surface area contributed by atoms with Crippen LogP contribution in [0.5, 0.6) is 0 Å². The van der Waals surface area contributed by atoms with E-state index in [-0.39, 0.29) is 23.3 Å². The molecule has 2 aromatic heterocycles. The fourth-order valence-corrected chi connectivity index (χ4v) is 4.83. The second-order valence-electron chi connectivity index (χ2n) is 9.05. The molecule has 1 saturated carbocycles. The Labute approximate surface area is 177 Å². The summed E-state index contributed by atoms with van der Waals surface area (Å²) in [5.41, 5.74) is 1.94. The number of imidazole rings is 1. The van der Waals surface area contributed by atoms with Crippen molar-refractivity contribution in [3.63, 3.8) is 0 Å². The van der Waals surface area contributed by atoms with Crippen LogP contribution in [0, 0.1) is 11.3 Å². The van der Waals surface area contributed by atoms with Crippen molar-refractivity contribution in [3.8, 4) is 0 Å². The Morgan fingerprint density at radius 1 is 1.20 bits per heavy atom. The summed E-state index contributed by atoms with van der Waals surface area (Å²) in [5.74, 6) is 1.21. The van der Waals surface area contributed by atoms with Gasteiger partial charge in [0.25, 0.3) is 0 Å². The normalized spacial score (nSPS) is 17.3.